The number of aliphatic hydroxyl groups is 9. The number of allylic oxidation sites excluding steroid dienone is 1. The SMILES string of the molecule is C=CO[PH](=O)OCCCCCCCCCC/C(=C/NCCCCCCCC(=O)N1CCC(C(=O)NC(COCCC(=O)NCCCCCCOC2OC(CO)C(O)C(O)C2NC(C)=O)(COCCC(=O)NCCCCCCOC2OC(CO)C(O)C(O)C2NC(C)=O)COCCC(=O)NCCCCCCOC2OC(CO)C(O)C(O)C2NC(C)=O)CC1)N=N. The van der Waals surface area contributed by atoms with Gasteiger partial charge in [0.1, 0.15) is 78.6 Å². The van der Waals surface area contributed by atoms with Gasteiger partial charge in [-0.1, -0.05) is 103 Å². The number of carbonyl (C=O) groups excluding carboxylic acids is 8. The van der Waals surface area contributed by atoms with Gasteiger partial charge in [-0.25, -0.2) is 10.1 Å². The van der Waals surface area contributed by atoms with Crippen molar-refractivity contribution >= 4 is 55.5 Å². The second-order valence-electron chi connectivity index (χ2n) is 32.2. The highest BCUT2D eigenvalue weighted by atomic mass is 31.1. The van der Waals surface area contributed by atoms with Gasteiger partial charge in [0.05, 0.1) is 78.0 Å². The number of hydrogen-bond acceptors (Lipinski definition) is 32. The largest absolute Gasteiger partial charge is 0.435 e. The first-order valence-electron chi connectivity index (χ1n) is 44.7. The summed E-state index contributed by atoms with van der Waals surface area (Å²) in [7, 11) is -2.48. The molecule has 124 heavy (non-hydrogen) atoms. The maximum Gasteiger partial charge on any atom is 0.367 e. The van der Waals surface area contributed by atoms with E-state index in [0.29, 0.717) is 148 Å². The molecule has 18 N–H and O–H groups in total. The number of carbonyl (C=O) groups is 8. The molecule has 8 amide bonds. The second-order valence-corrected chi connectivity index (χ2v) is 33.2. The average molecular weight is 1800 g/mol. The number of nitrogens with one attached hydrogen (secondary N) is 9. The molecule has 4 aliphatic heterocycles. The van der Waals surface area contributed by atoms with E-state index in [-0.39, 0.29) is 108 Å². The van der Waals surface area contributed by atoms with E-state index in [1.807, 2.05) is 6.20 Å². The topological polar surface area (TPSA) is 573 Å². The average Bonchev–Trinajstić information content (AvgIpc) is 0.813. The van der Waals surface area contributed by atoms with Crippen molar-refractivity contribution in [1.82, 2.24) is 47.4 Å². The number of rotatable bonds is 71. The zero-order chi connectivity index (χ0) is 90.7. The second kappa shape index (κ2) is 66.3. The van der Waals surface area contributed by atoms with Gasteiger partial charge in [-0.05, 0) is 83.5 Å². The first-order valence-corrected chi connectivity index (χ1v) is 45.9. The molecule has 0 bridgehead atoms. The molecule has 0 spiro atoms. The van der Waals surface area contributed by atoms with Gasteiger partial charge in [-0.15, -0.1) is 0 Å². The Morgan fingerprint density at radius 3 is 1.15 bits per heavy atom. The van der Waals surface area contributed by atoms with E-state index in [1.54, 1.807) is 4.90 Å². The molecule has 4 heterocycles. The monoisotopic (exact) mass is 1800 g/mol. The highest BCUT2D eigenvalue weighted by Gasteiger charge is 2.48. The number of unbranched alkanes of at least 4 members (excludes halogenated alkanes) is 20. The Morgan fingerprint density at radius 1 is 0.460 bits per heavy atom. The number of aliphatic hydroxyl groups excluding tert-OH is 9. The summed E-state index contributed by atoms with van der Waals surface area (Å²) in [5.41, 5.74) is 6.91. The maximum atomic E-state index is 14.7. The fourth-order valence-corrected chi connectivity index (χ4v) is 15.2. The van der Waals surface area contributed by atoms with Crippen LogP contribution in [0, 0.1) is 11.4 Å². The molecule has 0 aromatic heterocycles. The van der Waals surface area contributed by atoms with Crippen molar-refractivity contribution in [2.45, 2.75) is 324 Å². The summed E-state index contributed by atoms with van der Waals surface area (Å²) in [4.78, 5) is 105. The van der Waals surface area contributed by atoms with Gasteiger partial charge in [-0.3, -0.25) is 38.4 Å². The van der Waals surface area contributed by atoms with E-state index < -0.39 is 149 Å². The fraction of sp³-hybridized carbons (Fsp3) is 0.855. The summed E-state index contributed by atoms with van der Waals surface area (Å²) in [5, 5.41) is 118. The standard InChI is InChI=1S/C83H150N11O29P/c1-5-119-124(112)120-47-30-17-9-7-6-8-11-21-31-62(93-84)51-85-38-23-13-10-12-22-32-69(104)94-42-33-61(34-43-94)79(111)92-83(55-113-48-35-66(101)86-39-24-14-18-27-44-116-80-70(89-58(2)98)76(108)73(105)63(52-95)121-80,56-114-49-36-67(102)87-40-25-15-19-28-45-117-81-71(90-59(3)99)77(109)74(106)64(53-96)122-81)57-115-50-37-68(103)88-41-26-16-20-29-46-118-82-72(91-60(4)100)78(110)75(107)65(54-97)123-82/h5,51,61,63-65,70-78,80-82,84-85,95-97,105-110,124H,1,6-50,52-57H2,2-4H3,(H,86,101)(H,87,102)(H,88,103)(H,89,98)(H,90,99)(H,91,100)(H,92,111)/b62-51-,93-84?. The molecule has 0 aromatic rings. The van der Waals surface area contributed by atoms with E-state index in [1.165, 1.54) is 20.8 Å². The molecule has 716 valence electrons. The maximum absolute atomic E-state index is 14.7. The van der Waals surface area contributed by atoms with Gasteiger partial charge in [0.15, 0.2) is 18.9 Å². The molecule has 4 aliphatic rings. The Bertz CT molecular complexity index is 2860. The van der Waals surface area contributed by atoms with Crippen LogP contribution in [0.25, 0.3) is 0 Å². The third kappa shape index (κ3) is 45.7. The van der Waals surface area contributed by atoms with Crippen LogP contribution in [0.15, 0.2) is 29.9 Å². The number of hydrogen-bond donors (Lipinski definition) is 18. The van der Waals surface area contributed by atoms with Crippen LogP contribution in [0.1, 0.15) is 226 Å². The van der Waals surface area contributed by atoms with Crippen LogP contribution in [0.5, 0.6) is 0 Å². The summed E-state index contributed by atoms with van der Waals surface area (Å²) in [6.45, 7) is 7.85. The van der Waals surface area contributed by atoms with Gasteiger partial charge in [0.2, 0.25) is 47.3 Å². The van der Waals surface area contributed by atoms with E-state index in [2.05, 4.69) is 54.2 Å². The lowest BCUT2D eigenvalue weighted by atomic mass is 9.93. The van der Waals surface area contributed by atoms with Crippen molar-refractivity contribution in [2.24, 2.45) is 11.0 Å². The summed E-state index contributed by atoms with van der Waals surface area (Å²) < 4.78 is 74.3. The molecule has 4 fully saturated rings. The highest BCUT2D eigenvalue weighted by molar-refractivity contribution is 7.33. The molecular formula is C83H150N11O29P. The zero-order valence-electron chi connectivity index (χ0n) is 73.2. The Kier molecular flexibility index (Phi) is 58.9. The molecule has 16 atom stereocenters. The van der Waals surface area contributed by atoms with Gasteiger partial charge in [-0.2, -0.15) is 5.11 Å². The first-order chi connectivity index (χ1) is 59.8. The molecule has 0 aliphatic carbocycles. The third-order valence-corrected chi connectivity index (χ3v) is 22.6. The van der Waals surface area contributed by atoms with E-state index in [4.69, 9.17) is 57.2 Å². The number of piperidine rings is 1. The predicted octanol–water partition coefficient (Wildman–Crippen LogP) is 2.09. The quantitative estimate of drug-likeness (QED) is 0.0179. The highest BCUT2D eigenvalue weighted by Crippen LogP contribution is 2.29. The first kappa shape index (κ1) is 110. The summed E-state index contributed by atoms with van der Waals surface area (Å²) >= 11 is 0. The van der Waals surface area contributed by atoms with Crippen molar-refractivity contribution in [3.8, 4) is 0 Å². The normalized spacial score (nSPS) is 24.3. The molecular weight excluding hydrogens is 1650 g/mol. The van der Waals surface area contributed by atoms with Gasteiger partial charge >= 0.3 is 8.25 Å². The lowest BCUT2D eigenvalue weighted by molar-refractivity contribution is -0.270. The summed E-state index contributed by atoms with van der Waals surface area (Å²) in [5.74, 6) is -3.22. The molecule has 0 aromatic carbocycles. The molecule has 4 rings (SSSR count). The van der Waals surface area contributed by atoms with Crippen molar-refractivity contribution < 1.29 is 141 Å². The van der Waals surface area contributed by atoms with Crippen molar-refractivity contribution in [3.05, 3.63) is 24.7 Å². The Labute approximate surface area is 730 Å². The Balaban J connectivity index is 1.33. The van der Waals surface area contributed by atoms with Gasteiger partial charge in [0.25, 0.3) is 0 Å². The minimum atomic E-state index is -2.48. The van der Waals surface area contributed by atoms with Crippen molar-refractivity contribution in [2.75, 3.05) is 125 Å². The van der Waals surface area contributed by atoms with Crippen LogP contribution in [0.2, 0.25) is 0 Å². The number of nitrogens with zero attached hydrogens (tertiary/aromatic N) is 2. The molecule has 4 saturated heterocycles. The smallest absolute Gasteiger partial charge is 0.367 e. The van der Waals surface area contributed by atoms with Crippen LogP contribution >= 0.6 is 8.25 Å². The summed E-state index contributed by atoms with van der Waals surface area (Å²) in [6.07, 6.45) is 9.63. The van der Waals surface area contributed by atoms with Crippen molar-refractivity contribution in [3.63, 3.8) is 0 Å². The Hall–Kier alpha value is -6.09. The molecule has 0 radical (unpaired) electrons. The van der Waals surface area contributed by atoms with Crippen LogP contribution in [0.4, 0.5) is 0 Å². The fourth-order valence-electron chi connectivity index (χ4n) is 14.7. The molecule has 16 unspecified atom stereocenters. The van der Waals surface area contributed by atoms with Crippen LogP contribution < -0.4 is 42.5 Å². The minimum absolute atomic E-state index is 0.00924. The van der Waals surface area contributed by atoms with Crippen LogP contribution in [-0.4, -0.2) is 321 Å². The third-order valence-electron chi connectivity index (χ3n) is 21.8. The van der Waals surface area contributed by atoms with E-state index in [9.17, 15) is 88.9 Å². The number of ether oxygens (including phenoxy) is 9. The lowest BCUT2D eigenvalue weighted by Gasteiger charge is -2.42. The van der Waals surface area contributed by atoms with Crippen molar-refractivity contribution in [1.29, 1.82) is 5.53 Å². The van der Waals surface area contributed by atoms with Crippen LogP contribution in [0.3, 0.4) is 0 Å². The zero-order valence-corrected chi connectivity index (χ0v) is 74.2. The van der Waals surface area contributed by atoms with Gasteiger partial charge < -0.3 is 145 Å². The predicted molar refractivity (Wildman–Crippen MR) is 452 cm³/mol. The molecule has 40 nitrogen and oxygen atoms in total. The number of likely N-dealkylation sites (tertiary alicyclic amines) is 1. The van der Waals surface area contributed by atoms with E-state index >= 15 is 0 Å². The minimum Gasteiger partial charge on any atom is -0.435 e. The Morgan fingerprint density at radius 2 is 0.798 bits per heavy atom. The molecule has 41 heteroatoms. The number of amides is 8. The van der Waals surface area contributed by atoms with Crippen LogP contribution in [-0.2, 0) is 94.6 Å². The molecule has 0 saturated carbocycles. The lowest BCUT2D eigenvalue weighted by Crippen LogP contribution is -2.64. The summed E-state index contributed by atoms with van der Waals surface area (Å²) in [6, 6.07) is -3.19. The van der Waals surface area contributed by atoms with Gasteiger partial charge in [0, 0.05) is 118 Å². The van der Waals surface area contributed by atoms with E-state index in [0.717, 1.165) is 96.3 Å².